The van der Waals surface area contributed by atoms with Gasteiger partial charge < -0.3 is 11.1 Å². The molecule has 0 fully saturated rings. The van der Waals surface area contributed by atoms with Crippen molar-refractivity contribution in [2.24, 2.45) is 0 Å². The first-order valence-corrected chi connectivity index (χ1v) is 6.33. The molecular weight excluding hydrogens is 212 g/mol. The smallest absolute Gasteiger partial charge is 0.220 e. The molecule has 3 nitrogen and oxygen atoms in total. The standard InChI is InChI=1S/C14H22N2O/c1-2-3-4-5-9-14(17)16-11-12-7-6-8-13(15)10-12/h6-8,10H,2-5,9,11,15H2,1H3,(H,16,17). The van der Waals surface area contributed by atoms with Crippen LogP contribution in [0.5, 0.6) is 0 Å². The SMILES string of the molecule is CCCCCCC(=O)NCc1cccc(N)c1. The third-order valence-corrected chi connectivity index (χ3v) is 2.70. The number of nitrogens with one attached hydrogen (secondary N) is 1. The van der Waals surface area contributed by atoms with E-state index in [9.17, 15) is 4.79 Å². The van der Waals surface area contributed by atoms with Gasteiger partial charge in [0.1, 0.15) is 0 Å². The third-order valence-electron chi connectivity index (χ3n) is 2.70. The minimum Gasteiger partial charge on any atom is -0.399 e. The maximum Gasteiger partial charge on any atom is 0.220 e. The monoisotopic (exact) mass is 234 g/mol. The number of carbonyl (C=O) groups excluding carboxylic acids is 1. The van der Waals surface area contributed by atoms with Gasteiger partial charge in [-0.15, -0.1) is 0 Å². The Kier molecular flexibility index (Phi) is 6.15. The molecule has 1 amide bonds. The van der Waals surface area contributed by atoms with E-state index in [0.717, 1.165) is 24.1 Å². The van der Waals surface area contributed by atoms with Crippen molar-refractivity contribution < 1.29 is 4.79 Å². The number of carbonyl (C=O) groups is 1. The highest BCUT2D eigenvalue weighted by molar-refractivity contribution is 5.75. The molecule has 94 valence electrons. The molecule has 17 heavy (non-hydrogen) atoms. The van der Waals surface area contributed by atoms with E-state index in [4.69, 9.17) is 5.73 Å². The van der Waals surface area contributed by atoms with Crippen molar-refractivity contribution in [2.75, 3.05) is 5.73 Å². The van der Waals surface area contributed by atoms with E-state index in [2.05, 4.69) is 12.2 Å². The van der Waals surface area contributed by atoms with Crippen LogP contribution in [-0.2, 0) is 11.3 Å². The molecule has 0 spiro atoms. The lowest BCUT2D eigenvalue weighted by Crippen LogP contribution is -2.22. The molecule has 0 aliphatic carbocycles. The van der Waals surface area contributed by atoms with Crippen molar-refractivity contribution in [3.8, 4) is 0 Å². The number of nitrogen functional groups attached to an aromatic ring is 1. The Morgan fingerprint density at radius 1 is 1.29 bits per heavy atom. The van der Waals surface area contributed by atoms with Gasteiger partial charge in [-0.05, 0) is 24.1 Å². The molecule has 0 bridgehead atoms. The normalized spacial score (nSPS) is 10.2. The van der Waals surface area contributed by atoms with Gasteiger partial charge in [0, 0.05) is 18.7 Å². The Morgan fingerprint density at radius 3 is 2.82 bits per heavy atom. The average molecular weight is 234 g/mol. The number of amides is 1. The Balaban J connectivity index is 2.19. The number of hydrogen-bond acceptors (Lipinski definition) is 2. The molecule has 0 unspecified atom stereocenters. The molecule has 1 aromatic rings. The van der Waals surface area contributed by atoms with Crippen molar-refractivity contribution in [2.45, 2.75) is 45.6 Å². The van der Waals surface area contributed by atoms with Crippen molar-refractivity contribution in [1.29, 1.82) is 0 Å². The van der Waals surface area contributed by atoms with Crippen LogP contribution in [0.3, 0.4) is 0 Å². The predicted molar refractivity (Wildman–Crippen MR) is 71.5 cm³/mol. The third kappa shape index (κ3) is 5.95. The van der Waals surface area contributed by atoms with Gasteiger partial charge in [-0.2, -0.15) is 0 Å². The fourth-order valence-corrected chi connectivity index (χ4v) is 1.70. The summed E-state index contributed by atoms with van der Waals surface area (Å²) in [4.78, 5) is 11.5. The molecule has 3 heteroatoms. The second-order valence-corrected chi connectivity index (χ2v) is 4.33. The number of nitrogens with two attached hydrogens (primary N) is 1. The molecule has 3 N–H and O–H groups in total. The summed E-state index contributed by atoms with van der Waals surface area (Å²) < 4.78 is 0. The summed E-state index contributed by atoms with van der Waals surface area (Å²) in [5.74, 6) is 0.128. The lowest BCUT2D eigenvalue weighted by molar-refractivity contribution is -0.121. The van der Waals surface area contributed by atoms with E-state index in [1.54, 1.807) is 0 Å². The fraction of sp³-hybridized carbons (Fsp3) is 0.500. The molecule has 0 aliphatic rings. The first-order valence-electron chi connectivity index (χ1n) is 6.33. The molecule has 0 aromatic heterocycles. The summed E-state index contributed by atoms with van der Waals surface area (Å²) in [5, 5.41) is 2.91. The zero-order valence-electron chi connectivity index (χ0n) is 10.5. The van der Waals surface area contributed by atoms with Gasteiger partial charge in [-0.1, -0.05) is 38.3 Å². The molecule has 1 aromatic carbocycles. The van der Waals surface area contributed by atoms with Crippen molar-refractivity contribution in [1.82, 2.24) is 5.32 Å². The van der Waals surface area contributed by atoms with Crippen LogP contribution < -0.4 is 11.1 Å². The summed E-state index contributed by atoms with van der Waals surface area (Å²) >= 11 is 0. The maximum absolute atomic E-state index is 11.5. The molecule has 0 radical (unpaired) electrons. The highest BCUT2D eigenvalue weighted by atomic mass is 16.1. The summed E-state index contributed by atoms with van der Waals surface area (Å²) in [6.45, 7) is 2.73. The second kappa shape index (κ2) is 7.71. The first-order chi connectivity index (χ1) is 8.22. The average Bonchev–Trinajstić information content (AvgIpc) is 2.32. The maximum atomic E-state index is 11.5. The van der Waals surface area contributed by atoms with E-state index in [1.165, 1.54) is 12.8 Å². The Labute approximate surface area is 103 Å². The van der Waals surface area contributed by atoms with Gasteiger partial charge in [0.2, 0.25) is 5.91 Å². The van der Waals surface area contributed by atoms with Gasteiger partial charge in [0.15, 0.2) is 0 Å². The number of rotatable bonds is 7. The first kappa shape index (κ1) is 13.6. The van der Waals surface area contributed by atoms with Crippen molar-refractivity contribution in [3.05, 3.63) is 29.8 Å². The van der Waals surface area contributed by atoms with Crippen molar-refractivity contribution >= 4 is 11.6 Å². The number of benzene rings is 1. The molecule has 0 heterocycles. The lowest BCUT2D eigenvalue weighted by Gasteiger charge is -2.05. The fourth-order valence-electron chi connectivity index (χ4n) is 1.70. The Bertz CT molecular complexity index is 350. The highest BCUT2D eigenvalue weighted by Crippen LogP contribution is 2.06. The molecule has 0 saturated carbocycles. The van der Waals surface area contributed by atoms with Gasteiger partial charge in [0.05, 0.1) is 0 Å². The minimum atomic E-state index is 0.128. The van der Waals surface area contributed by atoms with E-state index >= 15 is 0 Å². The van der Waals surface area contributed by atoms with Gasteiger partial charge >= 0.3 is 0 Å². The number of unbranched alkanes of at least 4 members (excludes halogenated alkanes) is 3. The predicted octanol–water partition coefficient (Wildman–Crippen LogP) is 2.86. The lowest BCUT2D eigenvalue weighted by atomic mass is 10.1. The largest absolute Gasteiger partial charge is 0.399 e. The second-order valence-electron chi connectivity index (χ2n) is 4.33. The zero-order valence-corrected chi connectivity index (χ0v) is 10.5. The quantitative estimate of drug-likeness (QED) is 0.563. The van der Waals surface area contributed by atoms with Crippen LogP contribution in [-0.4, -0.2) is 5.91 Å². The molecular formula is C14H22N2O. The van der Waals surface area contributed by atoms with Crippen LogP contribution in [0.1, 0.15) is 44.6 Å². The highest BCUT2D eigenvalue weighted by Gasteiger charge is 2.01. The molecule has 0 saturated heterocycles. The van der Waals surface area contributed by atoms with Crippen LogP contribution in [0.25, 0.3) is 0 Å². The van der Waals surface area contributed by atoms with E-state index in [0.29, 0.717) is 13.0 Å². The number of hydrogen-bond donors (Lipinski definition) is 2. The molecule has 0 atom stereocenters. The minimum absolute atomic E-state index is 0.128. The zero-order chi connectivity index (χ0) is 12.5. The van der Waals surface area contributed by atoms with Crippen LogP contribution >= 0.6 is 0 Å². The van der Waals surface area contributed by atoms with Gasteiger partial charge in [-0.3, -0.25) is 4.79 Å². The number of anilines is 1. The van der Waals surface area contributed by atoms with E-state index in [1.807, 2.05) is 24.3 Å². The van der Waals surface area contributed by atoms with Crippen LogP contribution in [0.4, 0.5) is 5.69 Å². The van der Waals surface area contributed by atoms with Crippen molar-refractivity contribution in [3.63, 3.8) is 0 Å². The van der Waals surface area contributed by atoms with Gasteiger partial charge in [0.25, 0.3) is 0 Å². The summed E-state index contributed by atoms with van der Waals surface area (Å²) in [6, 6.07) is 7.60. The van der Waals surface area contributed by atoms with Crippen LogP contribution in [0.15, 0.2) is 24.3 Å². The summed E-state index contributed by atoms with van der Waals surface area (Å²) in [5.41, 5.74) is 7.45. The molecule has 1 rings (SSSR count). The summed E-state index contributed by atoms with van der Waals surface area (Å²) in [6.07, 6.45) is 5.16. The van der Waals surface area contributed by atoms with E-state index < -0.39 is 0 Å². The van der Waals surface area contributed by atoms with E-state index in [-0.39, 0.29) is 5.91 Å². The van der Waals surface area contributed by atoms with Crippen LogP contribution in [0, 0.1) is 0 Å². The topological polar surface area (TPSA) is 55.1 Å². The summed E-state index contributed by atoms with van der Waals surface area (Å²) in [7, 11) is 0. The molecule has 0 aliphatic heterocycles. The Morgan fingerprint density at radius 2 is 2.12 bits per heavy atom. The van der Waals surface area contributed by atoms with Gasteiger partial charge in [-0.25, -0.2) is 0 Å². The Hall–Kier alpha value is -1.51. The van der Waals surface area contributed by atoms with Crippen LogP contribution in [0.2, 0.25) is 0 Å².